The van der Waals surface area contributed by atoms with Crippen molar-refractivity contribution >= 4 is 11.7 Å². The first kappa shape index (κ1) is 31.4. The molecule has 1 heterocycles. The average Bonchev–Trinajstić information content (AvgIpc) is 2.96. The van der Waals surface area contributed by atoms with Gasteiger partial charge in [0.1, 0.15) is 12.4 Å². The van der Waals surface area contributed by atoms with Crippen molar-refractivity contribution in [1.82, 2.24) is 5.32 Å². The largest absolute Gasteiger partial charge is 0.498 e. The molecule has 3 N–H and O–H groups in total. The third-order valence-electron chi connectivity index (χ3n) is 5.95. The van der Waals surface area contributed by atoms with E-state index in [1.807, 2.05) is 0 Å². The van der Waals surface area contributed by atoms with Gasteiger partial charge in [0.2, 0.25) is 5.82 Å². The second-order valence-electron chi connectivity index (χ2n) is 8.58. The number of nitro benzene ring substituents is 1. The Labute approximate surface area is 230 Å². The summed E-state index contributed by atoms with van der Waals surface area (Å²) in [6.07, 6.45) is 0. The maximum atomic E-state index is 15.1. The molecule has 0 radical (unpaired) electrons. The SMILES string of the molecule is COC1=C(C)NC(COCCOCCN)=C(C(=O)OCc2ccc([N+](=O)[O-])cc2)[C@@H]1c1c(F)c(F)c(F)c(F)c1F. The Hall–Kier alpha value is -4.08. The predicted octanol–water partition coefficient (Wildman–Crippen LogP) is 3.84. The van der Waals surface area contributed by atoms with Crippen LogP contribution in [0.5, 0.6) is 0 Å². The van der Waals surface area contributed by atoms with Gasteiger partial charge in [-0.15, -0.1) is 0 Å². The molecule has 0 saturated carbocycles. The predicted molar refractivity (Wildman–Crippen MR) is 132 cm³/mol. The standard InChI is InChI=1S/C26H26F5N3O7/c1-13-25(38-2)18(19-20(27)22(29)24(31)23(30)21(19)28)17(16(33-13)12-40-10-9-39-8-7-32)26(35)41-11-14-3-5-15(6-4-14)34(36)37/h3-6,18,33H,7-12,32H2,1-2H3/t18-/m1/s1. The van der Waals surface area contributed by atoms with Gasteiger partial charge >= 0.3 is 5.97 Å². The fourth-order valence-corrected chi connectivity index (χ4v) is 4.07. The number of methoxy groups -OCH3 is 1. The molecule has 0 fully saturated rings. The van der Waals surface area contributed by atoms with Crippen LogP contribution in [0.4, 0.5) is 27.6 Å². The van der Waals surface area contributed by atoms with Crippen LogP contribution < -0.4 is 11.1 Å². The number of esters is 1. The van der Waals surface area contributed by atoms with Gasteiger partial charge in [-0.25, -0.2) is 26.7 Å². The summed E-state index contributed by atoms with van der Waals surface area (Å²) in [5.74, 6) is -14.6. The first-order chi connectivity index (χ1) is 19.5. The Morgan fingerprint density at radius 3 is 2.10 bits per heavy atom. The van der Waals surface area contributed by atoms with E-state index in [2.05, 4.69) is 5.32 Å². The molecule has 1 aliphatic heterocycles. The number of allylic oxidation sites excluding steroid dienone is 2. The monoisotopic (exact) mass is 587 g/mol. The van der Waals surface area contributed by atoms with Crippen LogP contribution in [0.2, 0.25) is 0 Å². The summed E-state index contributed by atoms with van der Waals surface area (Å²) in [7, 11) is 1.09. The molecule has 2 aromatic carbocycles. The van der Waals surface area contributed by atoms with Gasteiger partial charge in [-0.2, -0.15) is 0 Å². The summed E-state index contributed by atoms with van der Waals surface area (Å²) in [4.78, 5) is 23.7. The quantitative estimate of drug-likeness (QED) is 0.0682. The van der Waals surface area contributed by atoms with Crippen LogP contribution >= 0.6 is 0 Å². The minimum Gasteiger partial charge on any atom is -0.498 e. The van der Waals surface area contributed by atoms with Crippen molar-refractivity contribution in [2.75, 3.05) is 40.1 Å². The number of nitro groups is 1. The topological polar surface area (TPSA) is 135 Å². The lowest BCUT2D eigenvalue weighted by Crippen LogP contribution is -2.34. The molecule has 3 rings (SSSR count). The average molecular weight is 587 g/mol. The zero-order valence-corrected chi connectivity index (χ0v) is 21.9. The van der Waals surface area contributed by atoms with E-state index in [1.165, 1.54) is 31.2 Å². The summed E-state index contributed by atoms with van der Waals surface area (Å²) >= 11 is 0. The molecule has 0 bridgehead atoms. The van der Waals surface area contributed by atoms with E-state index >= 15 is 8.78 Å². The third kappa shape index (κ3) is 6.99. The van der Waals surface area contributed by atoms with Gasteiger partial charge in [-0.3, -0.25) is 10.1 Å². The van der Waals surface area contributed by atoms with Crippen molar-refractivity contribution in [2.45, 2.75) is 19.4 Å². The van der Waals surface area contributed by atoms with E-state index in [-0.39, 0.29) is 55.8 Å². The van der Waals surface area contributed by atoms with E-state index in [0.29, 0.717) is 5.56 Å². The van der Waals surface area contributed by atoms with Crippen molar-refractivity contribution in [1.29, 1.82) is 0 Å². The summed E-state index contributed by atoms with van der Waals surface area (Å²) in [6, 6.07) is 4.97. The molecular weight excluding hydrogens is 561 g/mol. The highest BCUT2D eigenvalue weighted by atomic mass is 19.2. The van der Waals surface area contributed by atoms with E-state index in [1.54, 1.807) is 0 Å². The number of hydrogen-bond donors (Lipinski definition) is 2. The van der Waals surface area contributed by atoms with E-state index in [4.69, 9.17) is 24.7 Å². The number of halogens is 5. The summed E-state index contributed by atoms with van der Waals surface area (Å²) in [5.41, 5.74) is 3.59. The number of nitrogens with two attached hydrogens (primary N) is 1. The molecule has 0 saturated heterocycles. The van der Waals surface area contributed by atoms with Crippen molar-refractivity contribution in [3.05, 3.63) is 97.3 Å². The summed E-state index contributed by atoms with van der Waals surface area (Å²) < 4.78 is 93.8. The maximum absolute atomic E-state index is 15.1. The summed E-state index contributed by atoms with van der Waals surface area (Å²) in [5, 5.41) is 13.7. The lowest BCUT2D eigenvalue weighted by molar-refractivity contribution is -0.384. The van der Waals surface area contributed by atoms with E-state index in [9.17, 15) is 28.1 Å². The van der Waals surface area contributed by atoms with Gasteiger partial charge in [-0.1, -0.05) is 0 Å². The molecule has 10 nitrogen and oxygen atoms in total. The second-order valence-corrected chi connectivity index (χ2v) is 8.58. The number of carbonyl (C=O) groups excluding carboxylic acids is 1. The number of rotatable bonds is 13. The molecule has 0 spiro atoms. The van der Waals surface area contributed by atoms with E-state index < -0.39 is 63.6 Å². The Morgan fingerprint density at radius 2 is 1.54 bits per heavy atom. The zero-order chi connectivity index (χ0) is 30.3. The number of hydrogen-bond acceptors (Lipinski definition) is 9. The van der Waals surface area contributed by atoms with Gasteiger partial charge in [0.25, 0.3) is 5.69 Å². The summed E-state index contributed by atoms with van der Waals surface area (Å²) in [6.45, 7) is 1.22. The van der Waals surface area contributed by atoms with Crippen molar-refractivity contribution in [3.63, 3.8) is 0 Å². The number of nitrogens with zero attached hydrogens (tertiary/aromatic N) is 1. The Morgan fingerprint density at radius 1 is 0.951 bits per heavy atom. The molecule has 222 valence electrons. The molecule has 41 heavy (non-hydrogen) atoms. The molecule has 1 atom stereocenters. The van der Waals surface area contributed by atoms with Crippen LogP contribution in [0, 0.1) is 39.2 Å². The van der Waals surface area contributed by atoms with Gasteiger partial charge in [0.15, 0.2) is 23.3 Å². The molecule has 0 amide bonds. The number of benzene rings is 2. The Balaban J connectivity index is 2.06. The molecule has 15 heteroatoms. The number of carbonyl (C=O) groups is 1. The fraction of sp³-hybridized carbons (Fsp3) is 0.346. The molecule has 0 aromatic heterocycles. The van der Waals surface area contributed by atoms with Crippen LogP contribution in [0.15, 0.2) is 47.0 Å². The van der Waals surface area contributed by atoms with Crippen LogP contribution in [-0.4, -0.2) is 51.0 Å². The molecule has 0 aliphatic carbocycles. The molecule has 1 aliphatic rings. The van der Waals surface area contributed by atoms with Crippen LogP contribution in [0.3, 0.4) is 0 Å². The number of ether oxygens (including phenoxy) is 4. The Bertz CT molecular complexity index is 1340. The first-order valence-electron chi connectivity index (χ1n) is 12.1. The minimum absolute atomic E-state index is 0.00337. The molecule has 0 unspecified atom stereocenters. The van der Waals surface area contributed by atoms with E-state index in [0.717, 1.165) is 7.11 Å². The first-order valence-corrected chi connectivity index (χ1v) is 12.1. The van der Waals surface area contributed by atoms with Crippen molar-refractivity contribution in [3.8, 4) is 0 Å². The fourth-order valence-electron chi connectivity index (χ4n) is 4.07. The molecular formula is C26H26F5N3O7. The maximum Gasteiger partial charge on any atom is 0.337 e. The molecule has 2 aromatic rings. The van der Waals surface area contributed by atoms with Crippen molar-refractivity contribution in [2.24, 2.45) is 5.73 Å². The number of non-ortho nitro benzene ring substituents is 1. The van der Waals surface area contributed by atoms with Crippen molar-refractivity contribution < 1.29 is 50.6 Å². The third-order valence-corrected chi connectivity index (χ3v) is 5.95. The van der Waals surface area contributed by atoms with Crippen LogP contribution in [0.25, 0.3) is 0 Å². The van der Waals surface area contributed by atoms with Gasteiger partial charge in [0, 0.05) is 24.2 Å². The van der Waals surface area contributed by atoms with Gasteiger partial charge in [0.05, 0.1) is 61.3 Å². The number of nitrogens with one attached hydrogen (secondary N) is 1. The number of dihydropyridines is 1. The van der Waals surface area contributed by atoms with Crippen LogP contribution in [0.1, 0.15) is 24.0 Å². The lowest BCUT2D eigenvalue weighted by atomic mass is 9.84. The van der Waals surface area contributed by atoms with Gasteiger partial charge in [-0.05, 0) is 24.6 Å². The minimum atomic E-state index is -2.37. The van der Waals surface area contributed by atoms with Crippen LogP contribution in [-0.2, 0) is 30.3 Å². The smallest absolute Gasteiger partial charge is 0.337 e. The highest BCUT2D eigenvalue weighted by Crippen LogP contribution is 2.42. The lowest BCUT2D eigenvalue weighted by Gasteiger charge is -2.32. The second kappa shape index (κ2) is 14.0. The Kier molecular flexibility index (Phi) is 10.7. The van der Waals surface area contributed by atoms with Gasteiger partial charge < -0.3 is 30.0 Å². The zero-order valence-electron chi connectivity index (χ0n) is 21.9. The highest BCUT2D eigenvalue weighted by Gasteiger charge is 2.42. The highest BCUT2D eigenvalue weighted by molar-refractivity contribution is 5.92. The normalized spacial score (nSPS) is 15.2.